The van der Waals surface area contributed by atoms with E-state index in [-0.39, 0.29) is 12.6 Å². The first-order chi connectivity index (χ1) is 10.2. The van der Waals surface area contributed by atoms with Gasteiger partial charge < -0.3 is 15.3 Å². The lowest BCUT2D eigenvalue weighted by Gasteiger charge is -2.21. The standard InChI is InChI=1S/C18H24N2O/c1-15(17-8-6-7-16(13-17)14-21)19-11-12-20(2)18-9-4-3-5-10-18/h3-10,13,15,19,21H,11-12,14H2,1-2H3. The number of likely N-dealkylation sites (N-methyl/N-ethyl adjacent to an activating group) is 1. The summed E-state index contributed by atoms with van der Waals surface area (Å²) in [5, 5.41) is 12.7. The van der Waals surface area contributed by atoms with Gasteiger partial charge in [-0.15, -0.1) is 0 Å². The summed E-state index contributed by atoms with van der Waals surface area (Å²) >= 11 is 0. The molecule has 0 aliphatic carbocycles. The number of nitrogens with one attached hydrogen (secondary N) is 1. The van der Waals surface area contributed by atoms with Crippen molar-refractivity contribution in [3.63, 3.8) is 0 Å². The molecular weight excluding hydrogens is 260 g/mol. The molecule has 0 amide bonds. The fraction of sp³-hybridized carbons (Fsp3) is 0.333. The van der Waals surface area contributed by atoms with Gasteiger partial charge in [0.15, 0.2) is 0 Å². The van der Waals surface area contributed by atoms with Crippen molar-refractivity contribution in [2.24, 2.45) is 0 Å². The zero-order valence-corrected chi connectivity index (χ0v) is 12.8. The van der Waals surface area contributed by atoms with E-state index < -0.39 is 0 Å². The predicted molar refractivity (Wildman–Crippen MR) is 88.5 cm³/mol. The van der Waals surface area contributed by atoms with Gasteiger partial charge in [-0.3, -0.25) is 0 Å². The van der Waals surface area contributed by atoms with Gasteiger partial charge in [-0.2, -0.15) is 0 Å². The Bertz CT molecular complexity index is 542. The lowest BCUT2D eigenvalue weighted by molar-refractivity contribution is 0.281. The molecule has 2 aromatic rings. The van der Waals surface area contributed by atoms with E-state index in [2.05, 4.69) is 60.6 Å². The molecule has 0 heterocycles. The van der Waals surface area contributed by atoms with E-state index in [4.69, 9.17) is 0 Å². The Balaban J connectivity index is 1.82. The smallest absolute Gasteiger partial charge is 0.0681 e. The molecule has 2 rings (SSSR count). The Labute approximate surface area is 127 Å². The molecular formula is C18H24N2O. The van der Waals surface area contributed by atoms with Gasteiger partial charge in [0, 0.05) is 31.9 Å². The van der Waals surface area contributed by atoms with Gasteiger partial charge in [0.05, 0.1) is 6.61 Å². The van der Waals surface area contributed by atoms with Crippen LogP contribution >= 0.6 is 0 Å². The molecule has 3 nitrogen and oxygen atoms in total. The minimum atomic E-state index is 0.0945. The molecule has 0 bridgehead atoms. The summed E-state index contributed by atoms with van der Waals surface area (Å²) in [7, 11) is 2.11. The van der Waals surface area contributed by atoms with Crippen LogP contribution in [0.1, 0.15) is 24.1 Å². The van der Waals surface area contributed by atoms with Crippen molar-refractivity contribution < 1.29 is 5.11 Å². The van der Waals surface area contributed by atoms with E-state index in [0.29, 0.717) is 0 Å². The summed E-state index contributed by atoms with van der Waals surface area (Å²) in [4.78, 5) is 2.24. The number of nitrogens with zero attached hydrogens (tertiary/aromatic N) is 1. The Morgan fingerprint density at radius 3 is 2.57 bits per heavy atom. The van der Waals surface area contributed by atoms with Crippen LogP contribution in [-0.4, -0.2) is 25.2 Å². The molecule has 1 unspecified atom stereocenters. The molecule has 0 aliphatic rings. The van der Waals surface area contributed by atoms with Crippen LogP contribution in [0.25, 0.3) is 0 Å². The fourth-order valence-electron chi connectivity index (χ4n) is 2.34. The summed E-state index contributed by atoms with van der Waals surface area (Å²) in [5.74, 6) is 0. The SMILES string of the molecule is CC(NCCN(C)c1ccccc1)c1cccc(CO)c1. The number of para-hydroxylation sites is 1. The molecule has 0 radical (unpaired) electrons. The third-order valence-corrected chi connectivity index (χ3v) is 3.73. The first kappa shape index (κ1) is 15.5. The number of anilines is 1. The van der Waals surface area contributed by atoms with Gasteiger partial charge in [-0.25, -0.2) is 0 Å². The van der Waals surface area contributed by atoms with E-state index in [1.54, 1.807) is 0 Å². The lowest BCUT2D eigenvalue weighted by atomic mass is 10.1. The van der Waals surface area contributed by atoms with E-state index in [9.17, 15) is 5.11 Å². The van der Waals surface area contributed by atoms with Crippen molar-refractivity contribution in [2.45, 2.75) is 19.6 Å². The Morgan fingerprint density at radius 1 is 1.10 bits per heavy atom. The first-order valence-electron chi connectivity index (χ1n) is 7.40. The lowest BCUT2D eigenvalue weighted by Crippen LogP contribution is -2.30. The molecule has 3 heteroatoms. The second-order valence-corrected chi connectivity index (χ2v) is 5.34. The molecule has 0 fully saturated rings. The summed E-state index contributed by atoms with van der Waals surface area (Å²) in [6, 6.07) is 18.8. The quantitative estimate of drug-likeness (QED) is 0.820. The Morgan fingerprint density at radius 2 is 1.86 bits per heavy atom. The topological polar surface area (TPSA) is 35.5 Å². The number of rotatable bonds is 7. The molecule has 2 N–H and O–H groups in total. The molecule has 21 heavy (non-hydrogen) atoms. The minimum absolute atomic E-state index is 0.0945. The third-order valence-electron chi connectivity index (χ3n) is 3.73. The van der Waals surface area contributed by atoms with Crippen molar-refractivity contribution in [1.82, 2.24) is 5.32 Å². The second kappa shape index (κ2) is 7.81. The molecule has 0 spiro atoms. The molecule has 2 aromatic carbocycles. The second-order valence-electron chi connectivity index (χ2n) is 5.34. The normalized spacial score (nSPS) is 12.1. The van der Waals surface area contributed by atoms with Gasteiger partial charge in [-0.05, 0) is 30.2 Å². The molecule has 0 aliphatic heterocycles. The van der Waals surface area contributed by atoms with E-state index in [1.165, 1.54) is 11.3 Å². The van der Waals surface area contributed by atoms with Gasteiger partial charge in [0.25, 0.3) is 0 Å². The predicted octanol–water partition coefficient (Wildman–Crippen LogP) is 2.97. The average Bonchev–Trinajstić information content (AvgIpc) is 2.55. The summed E-state index contributed by atoms with van der Waals surface area (Å²) in [6.07, 6.45) is 0. The minimum Gasteiger partial charge on any atom is -0.392 e. The van der Waals surface area contributed by atoms with Gasteiger partial charge in [0.1, 0.15) is 0 Å². The molecule has 0 aromatic heterocycles. The zero-order chi connectivity index (χ0) is 15.1. The van der Waals surface area contributed by atoms with Gasteiger partial charge >= 0.3 is 0 Å². The number of hydrogen-bond donors (Lipinski definition) is 2. The van der Waals surface area contributed by atoms with Gasteiger partial charge in [-0.1, -0.05) is 42.5 Å². The summed E-state index contributed by atoms with van der Waals surface area (Å²) < 4.78 is 0. The maximum absolute atomic E-state index is 9.19. The van der Waals surface area contributed by atoms with E-state index >= 15 is 0 Å². The van der Waals surface area contributed by atoms with E-state index in [0.717, 1.165) is 18.7 Å². The number of aliphatic hydroxyl groups is 1. The van der Waals surface area contributed by atoms with Gasteiger partial charge in [0.2, 0.25) is 0 Å². The fourth-order valence-corrected chi connectivity index (χ4v) is 2.34. The maximum Gasteiger partial charge on any atom is 0.0681 e. The Hall–Kier alpha value is -1.84. The molecule has 112 valence electrons. The van der Waals surface area contributed by atoms with Crippen LogP contribution in [0, 0.1) is 0 Å². The van der Waals surface area contributed by atoms with Crippen molar-refractivity contribution in [3.05, 3.63) is 65.7 Å². The largest absolute Gasteiger partial charge is 0.392 e. The monoisotopic (exact) mass is 284 g/mol. The highest BCUT2D eigenvalue weighted by atomic mass is 16.3. The molecule has 1 atom stereocenters. The maximum atomic E-state index is 9.19. The highest BCUT2D eigenvalue weighted by Crippen LogP contribution is 2.14. The van der Waals surface area contributed by atoms with Crippen LogP contribution in [0.15, 0.2) is 54.6 Å². The van der Waals surface area contributed by atoms with Crippen LogP contribution in [0.5, 0.6) is 0 Å². The van der Waals surface area contributed by atoms with Crippen LogP contribution < -0.4 is 10.2 Å². The van der Waals surface area contributed by atoms with Crippen LogP contribution in [0.4, 0.5) is 5.69 Å². The van der Waals surface area contributed by atoms with Crippen molar-refractivity contribution >= 4 is 5.69 Å². The Kier molecular flexibility index (Phi) is 5.78. The third kappa shape index (κ3) is 4.59. The van der Waals surface area contributed by atoms with Crippen molar-refractivity contribution in [2.75, 3.05) is 25.0 Å². The first-order valence-corrected chi connectivity index (χ1v) is 7.40. The average molecular weight is 284 g/mol. The number of hydrogen-bond acceptors (Lipinski definition) is 3. The van der Waals surface area contributed by atoms with E-state index in [1.807, 2.05) is 18.2 Å². The molecule has 0 saturated carbocycles. The zero-order valence-electron chi connectivity index (χ0n) is 12.8. The molecule has 0 saturated heterocycles. The van der Waals surface area contributed by atoms with Crippen LogP contribution in [0.3, 0.4) is 0 Å². The highest BCUT2D eigenvalue weighted by Gasteiger charge is 2.06. The highest BCUT2D eigenvalue weighted by molar-refractivity contribution is 5.44. The van der Waals surface area contributed by atoms with Crippen LogP contribution in [-0.2, 0) is 6.61 Å². The summed E-state index contributed by atoms with van der Waals surface area (Å²) in [6.45, 7) is 4.11. The number of benzene rings is 2. The summed E-state index contributed by atoms with van der Waals surface area (Å²) in [5.41, 5.74) is 3.40. The number of aliphatic hydroxyl groups excluding tert-OH is 1. The van der Waals surface area contributed by atoms with Crippen LogP contribution in [0.2, 0.25) is 0 Å². The van der Waals surface area contributed by atoms with Crippen molar-refractivity contribution in [3.8, 4) is 0 Å². The van der Waals surface area contributed by atoms with Crippen molar-refractivity contribution in [1.29, 1.82) is 0 Å².